The average molecular weight is 331 g/mol. The molecule has 124 valence electrons. The predicted molar refractivity (Wildman–Crippen MR) is 95.9 cm³/mol. The second-order valence-corrected chi connectivity index (χ2v) is 7.16. The van der Waals surface area contributed by atoms with Crippen LogP contribution in [0.25, 0.3) is 10.4 Å². The van der Waals surface area contributed by atoms with Gasteiger partial charge in [-0.25, -0.2) is 0 Å². The van der Waals surface area contributed by atoms with Crippen LogP contribution in [0.5, 0.6) is 0 Å². The Morgan fingerprint density at radius 3 is 2.83 bits per heavy atom. The predicted octanol–water partition coefficient (Wildman–Crippen LogP) is 4.04. The van der Waals surface area contributed by atoms with E-state index in [4.69, 9.17) is 9.47 Å². The van der Waals surface area contributed by atoms with Crippen LogP contribution < -0.4 is 0 Å². The Balaban J connectivity index is 1.63. The van der Waals surface area contributed by atoms with E-state index in [1.807, 2.05) is 11.3 Å². The van der Waals surface area contributed by atoms with E-state index < -0.39 is 0 Å². The van der Waals surface area contributed by atoms with Crippen LogP contribution in [0.4, 0.5) is 0 Å². The highest BCUT2D eigenvalue weighted by atomic mass is 32.1. The lowest BCUT2D eigenvalue weighted by Crippen LogP contribution is -2.34. The molecular formula is C19H25NO2S. The molecule has 0 radical (unpaired) electrons. The highest BCUT2D eigenvalue weighted by Crippen LogP contribution is 2.28. The first-order valence-corrected chi connectivity index (χ1v) is 9.14. The first-order valence-electron chi connectivity index (χ1n) is 8.32. The molecule has 0 saturated carbocycles. The summed E-state index contributed by atoms with van der Waals surface area (Å²) < 4.78 is 11.1. The van der Waals surface area contributed by atoms with Crippen LogP contribution >= 0.6 is 11.3 Å². The molecule has 0 bridgehead atoms. The van der Waals surface area contributed by atoms with Gasteiger partial charge in [0.2, 0.25) is 0 Å². The second kappa shape index (κ2) is 8.60. The van der Waals surface area contributed by atoms with Crippen LogP contribution in [0, 0.1) is 0 Å². The fourth-order valence-electron chi connectivity index (χ4n) is 2.97. The summed E-state index contributed by atoms with van der Waals surface area (Å²) in [6.45, 7) is 4.61. The molecule has 0 N–H and O–H groups in total. The van der Waals surface area contributed by atoms with Gasteiger partial charge in [-0.05, 0) is 30.5 Å². The summed E-state index contributed by atoms with van der Waals surface area (Å²) in [6, 6.07) is 15.1. The minimum atomic E-state index is 0.389. The van der Waals surface area contributed by atoms with Gasteiger partial charge in [0.1, 0.15) is 0 Å². The van der Waals surface area contributed by atoms with Gasteiger partial charge in [0.25, 0.3) is 0 Å². The molecule has 1 saturated heterocycles. The highest BCUT2D eigenvalue weighted by molar-refractivity contribution is 7.15. The van der Waals surface area contributed by atoms with Crippen molar-refractivity contribution in [1.82, 2.24) is 4.90 Å². The summed E-state index contributed by atoms with van der Waals surface area (Å²) in [5, 5.41) is 0. The van der Waals surface area contributed by atoms with Crippen molar-refractivity contribution in [3.05, 3.63) is 47.3 Å². The Hall–Kier alpha value is -1.20. The Kier molecular flexibility index (Phi) is 6.22. The topological polar surface area (TPSA) is 21.7 Å². The van der Waals surface area contributed by atoms with Gasteiger partial charge >= 0.3 is 0 Å². The Morgan fingerprint density at radius 1 is 1.22 bits per heavy atom. The molecule has 0 spiro atoms. The van der Waals surface area contributed by atoms with Crippen LogP contribution in [-0.4, -0.2) is 44.4 Å². The largest absolute Gasteiger partial charge is 0.383 e. The van der Waals surface area contributed by atoms with E-state index in [9.17, 15) is 0 Å². The summed E-state index contributed by atoms with van der Waals surface area (Å²) in [5.74, 6) is 0. The number of hydrogen-bond donors (Lipinski definition) is 0. The van der Waals surface area contributed by atoms with E-state index in [0.717, 1.165) is 32.8 Å². The molecule has 1 aromatic carbocycles. The molecule has 23 heavy (non-hydrogen) atoms. The van der Waals surface area contributed by atoms with E-state index in [-0.39, 0.29) is 0 Å². The summed E-state index contributed by atoms with van der Waals surface area (Å²) >= 11 is 1.88. The van der Waals surface area contributed by atoms with Crippen molar-refractivity contribution in [1.29, 1.82) is 0 Å². The molecule has 4 heteroatoms. The molecule has 2 aromatic rings. The van der Waals surface area contributed by atoms with Crippen LogP contribution in [-0.2, 0) is 16.0 Å². The molecule has 1 aliphatic heterocycles. The number of thiophene rings is 1. The molecule has 3 nitrogen and oxygen atoms in total. The Morgan fingerprint density at radius 2 is 2.09 bits per heavy atom. The minimum absolute atomic E-state index is 0.389. The van der Waals surface area contributed by atoms with Gasteiger partial charge in [-0.2, -0.15) is 0 Å². The maximum atomic E-state index is 5.80. The summed E-state index contributed by atoms with van der Waals surface area (Å²) in [6.07, 6.45) is 2.77. The van der Waals surface area contributed by atoms with E-state index in [1.165, 1.54) is 28.2 Å². The van der Waals surface area contributed by atoms with E-state index >= 15 is 0 Å². The number of ether oxygens (including phenoxy) is 2. The number of methoxy groups -OCH3 is 1. The van der Waals surface area contributed by atoms with Crippen molar-refractivity contribution >= 4 is 11.3 Å². The number of hydrogen-bond acceptors (Lipinski definition) is 4. The fourth-order valence-corrected chi connectivity index (χ4v) is 4.03. The quantitative estimate of drug-likeness (QED) is 0.728. The molecule has 0 unspecified atom stereocenters. The third kappa shape index (κ3) is 4.88. The van der Waals surface area contributed by atoms with Gasteiger partial charge in [0.15, 0.2) is 0 Å². The number of benzene rings is 1. The molecule has 0 amide bonds. The fraction of sp³-hybridized carbons (Fsp3) is 0.474. The van der Waals surface area contributed by atoms with Crippen molar-refractivity contribution in [3.8, 4) is 10.4 Å². The molecule has 1 atom stereocenters. The SMILES string of the molecule is COCCN(Cc1ccc(-c2ccccc2)s1)C[C@H]1CCCO1. The monoisotopic (exact) mass is 331 g/mol. The first-order chi connectivity index (χ1) is 11.3. The lowest BCUT2D eigenvalue weighted by Gasteiger charge is -2.24. The molecule has 1 fully saturated rings. The lowest BCUT2D eigenvalue weighted by atomic mass is 10.2. The van der Waals surface area contributed by atoms with Crippen molar-refractivity contribution in [2.24, 2.45) is 0 Å². The third-order valence-corrected chi connectivity index (χ3v) is 5.32. The summed E-state index contributed by atoms with van der Waals surface area (Å²) in [5.41, 5.74) is 1.30. The zero-order valence-electron chi connectivity index (χ0n) is 13.7. The maximum Gasteiger partial charge on any atom is 0.0703 e. The average Bonchev–Trinajstić information content (AvgIpc) is 3.25. The van der Waals surface area contributed by atoms with E-state index in [2.05, 4.69) is 47.4 Å². The number of rotatable bonds is 8. The maximum absolute atomic E-state index is 5.80. The third-order valence-electron chi connectivity index (χ3n) is 4.20. The molecule has 3 rings (SSSR count). The van der Waals surface area contributed by atoms with Crippen LogP contribution in [0.15, 0.2) is 42.5 Å². The van der Waals surface area contributed by atoms with Crippen molar-refractivity contribution < 1.29 is 9.47 Å². The van der Waals surface area contributed by atoms with Crippen molar-refractivity contribution in [2.75, 3.05) is 33.4 Å². The normalized spacial score (nSPS) is 17.9. The molecule has 0 aliphatic carbocycles. The van der Waals surface area contributed by atoms with E-state index in [0.29, 0.717) is 6.10 Å². The summed E-state index contributed by atoms with van der Waals surface area (Å²) in [7, 11) is 1.77. The molecule has 1 aromatic heterocycles. The zero-order valence-corrected chi connectivity index (χ0v) is 14.6. The minimum Gasteiger partial charge on any atom is -0.383 e. The molecular weight excluding hydrogens is 306 g/mol. The first kappa shape index (κ1) is 16.7. The van der Waals surface area contributed by atoms with Gasteiger partial charge in [0, 0.05) is 43.1 Å². The molecule has 2 heterocycles. The van der Waals surface area contributed by atoms with Crippen molar-refractivity contribution in [2.45, 2.75) is 25.5 Å². The van der Waals surface area contributed by atoms with Gasteiger partial charge in [-0.15, -0.1) is 11.3 Å². The van der Waals surface area contributed by atoms with Gasteiger partial charge in [-0.3, -0.25) is 4.90 Å². The zero-order chi connectivity index (χ0) is 15.9. The standard InChI is InChI=1S/C19H25NO2S/c1-21-13-11-20(14-17-8-5-12-22-17)15-18-9-10-19(23-18)16-6-3-2-4-7-16/h2-4,6-7,9-10,17H,5,8,11-15H2,1H3/t17-/m1/s1. The van der Waals surface area contributed by atoms with Crippen LogP contribution in [0.3, 0.4) is 0 Å². The van der Waals surface area contributed by atoms with Crippen molar-refractivity contribution in [3.63, 3.8) is 0 Å². The Bertz CT molecular complexity index is 578. The van der Waals surface area contributed by atoms with Gasteiger partial charge in [0.05, 0.1) is 12.7 Å². The highest BCUT2D eigenvalue weighted by Gasteiger charge is 2.19. The summed E-state index contributed by atoms with van der Waals surface area (Å²) in [4.78, 5) is 5.20. The van der Waals surface area contributed by atoms with Gasteiger partial charge in [-0.1, -0.05) is 30.3 Å². The molecule has 1 aliphatic rings. The lowest BCUT2D eigenvalue weighted by molar-refractivity contribution is 0.0592. The Labute approximate surface area is 142 Å². The smallest absolute Gasteiger partial charge is 0.0703 e. The number of nitrogens with zero attached hydrogens (tertiary/aromatic N) is 1. The second-order valence-electron chi connectivity index (χ2n) is 5.99. The van der Waals surface area contributed by atoms with Crippen LogP contribution in [0.1, 0.15) is 17.7 Å². The van der Waals surface area contributed by atoms with Gasteiger partial charge < -0.3 is 9.47 Å². The van der Waals surface area contributed by atoms with Crippen LogP contribution in [0.2, 0.25) is 0 Å². The van der Waals surface area contributed by atoms with E-state index in [1.54, 1.807) is 7.11 Å².